The molecule has 2 aromatic carbocycles. The largest absolute Gasteiger partial charge is 0.349 e. The summed E-state index contributed by atoms with van der Waals surface area (Å²) in [6.07, 6.45) is 1.04. The van der Waals surface area contributed by atoms with E-state index in [4.69, 9.17) is 0 Å². The van der Waals surface area contributed by atoms with E-state index >= 15 is 0 Å². The molecule has 0 aromatic heterocycles. The van der Waals surface area contributed by atoms with E-state index < -0.39 is 0 Å². The summed E-state index contributed by atoms with van der Waals surface area (Å²) in [5.74, 6) is 1.45. The Balaban J connectivity index is 1.76. The molecule has 0 fully saturated rings. The number of carbonyl (C=O) groups is 1. The minimum absolute atomic E-state index is 0.0516. The van der Waals surface area contributed by atoms with Crippen LogP contribution in [-0.2, 0) is 17.0 Å². The lowest BCUT2D eigenvalue weighted by atomic mass is 10.1. The Morgan fingerprint density at radius 1 is 1.05 bits per heavy atom. The van der Waals surface area contributed by atoms with E-state index in [1.807, 2.05) is 25.1 Å². The second-order valence-corrected chi connectivity index (χ2v) is 6.35. The maximum Gasteiger partial charge on any atom is 0.230 e. The Morgan fingerprint density at radius 2 is 1.73 bits per heavy atom. The number of hydrogen-bond donors (Lipinski definition) is 1. The minimum Gasteiger partial charge on any atom is -0.349 e. The van der Waals surface area contributed by atoms with Crippen LogP contribution in [0.3, 0.4) is 0 Å². The van der Waals surface area contributed by atoms with Gasteiger partial charge in [0.2, 0.25) is 5.91 Å². The van der Waals surface area contributed by atoms with Crippen LogP contribution in [0.1, 0.15) is 36.6 Å². The molecule has 2 aromatic rings. The molecule has 22 heavy (non-hydrogen) atoms. The van der Waals surface area contributed by atoms with Gasteiger partial charge in [0, 0.05) is 5.75 Å². The van der Waals surface area contributed by atoms with Crippen molar-refractivity contribution in [1.29, 1.82) is 0 Å². The molecule has 3 heteroatoms. The number of amides is 1. The van der Waals surface area contributed by atoms with Gasteiger partial charge >= 0.3 is 0 Å². The van der Waals surface area contributed by atoms with Crippen molar-refractivity contribution in [3.63, 3.8) is 0 Å². The zero-order chi connectivity index (χ0) is 15.8. The molecule has 0 aliphatic rings. The summed E-state index contributed by atoms with van der Waals surface area (Å²) in [6.45, 7) is 4.17. The molecule has 1 amide bonds. The molecular weight excluding hydrogens is 290 g/mol. The molecule has 1 N–H and O–H groups in total. The Bertz CT molecular complexity index is 580. The molecule has 1 atom stereocenters. The predicted molar refractivity (Wildman–Crippen MR) is 95.0 cm³/mol. The van der Waals surface area contributed by atoms with Crippen LogP contribution >= 0.6 is 11.8 Å². The van der Waals surface area contributed by atoms with Crippen molar-refractivity contribution < 1.29 is 4.79 Å². The monoisotopic (exact) mass is 313 g/mol. The summed E-state index contributed by atoms with van der Waals surface area (Å²) in [5.41, 5.74) is 3.72. The summed E-state index contributed by atoms with van der Waals surface area (Å²) < 4.78 is 0. The van der Waals surface area contributed by atoms with E-state index in [1.165, 1.54) is 11.1 Å². The highest BCUT2D eigenvalue weighted by molar-refractivity contribution is 7.99. The first-order chi connectivity index (χ1) is 10.7. The molecule has 0 unspecified atom stereocenters. The standard InChI is InChI=1S/C19H23NOS/c1-3-16-9-11-18(12-10-16)15(2)20-19(21)14-22-13-17-7-5-4-6-8-17/h4-12,15H,3,13-14H2,1-2H3,(H,20,21)/t15-/m0/s1. The van der Waals surface area contributed by atoms with Crippen molar-refractivity contribution >= 4 is 17.7 Å². The van der Waals surface area contributed by atoms with Gasteiger partial charge in [-0.05, 0) is 30.0 Å². The van der Waals surface area contributed by atoms with Gasteiger partial charge in [-0.1, -0.05) is 61.5 Å². The molecule has 116 valence electrons. The highest BCUT2D eigenvalue weighted by Gasteiger charge is 2.09. The van der Waals surface area contributed by atoms with Crippen LogP contribution < -0.4 is 5.32 Å². The number of carbonyl (C=O) groups excluding carboxylic acids is 1. The van der Waals surface area contributed by atoms with Gasteiger partial charge in [-0.25, -0.2) is 0 Å². The normalized spacial score (nSPS) is 11.9. The third-order valence-electron chi connectivity index (χ3n) is 3.61. The third-order valence-corrected chi connectivity index (χ3v) is 4.61. The number of thioether (sulfide) groups is 1. The topological polar surface area (TPSA) is 29.1 Å². The maximum absolute atomic E-state index is 12.0. The summed E-state index contributed by atoms with van der Waals surface area (Å²) >= 11 is 1.65. The number of aryl methyl sites for hydroxylation is 1. The van der Waals surface area contributed by atoms with Crippen LogP contribution in [-0.4, -0.2) is 11.7 Å². The first kappa shape index (κ1) is 16.6. The number of nitrogens with one attached hydrogen (secondary N) is 1. The zero-order valence-corrected chi connectivity index (χ0v) is 14.0. The Kier molecular flexibility index (Phi) is 6.53. The second-order valence-electron chi connectivity index (χ2n) is 5.36. The quantitative estimate of drug-likeness (QED) is 0.823. The van der Waals surface area contributed by atoms with Crippen LogP contribution in [0, 0.1) is 0 Å². The molecular formula is C19H23NOS. The van der Waals surface area contributed by atoms with Crippen molar-refractivity contribution in [2.45, 2.75) is 32.1 Å². The fourth-order valence-electron chi connectivity index (χ4n) is 2.24. The molecule has 0 saturated heterocycles. The lowest BCUT2D eigenvalue weighted by Crippen LogP contribution is -2.28. The first-order valence-electron chi connectivity index (χ1n) is 7.69. The third kappa shape index (κ3) is 5.23. The maximum atomic E-state index is 12.0. The molecule has 0 radical (unpaired) electrons. The minimum atomic E-state index is 0.0516. The summed E-state index contributed by atoms with van der Waals surface area (Å²) in [6, 6.07) is 18.7. The van der Waals surface area contributed by atoms with E-state index in [9.17, 15) is 4.79 Å². The van der Waals surface area contributed by atoms with E-state index in [1.54, 1.807) is 11.8 Å². The highest BCUT2D eigenvalue weighted by Crippen LogP contribution is 2.15. The van der Waals surface area contributed by atoms with Gasteiger partial charge in [-0.15, -0.1) is 11.8 Å². The Hall–Kier alpha value is -1.74. The lowest BCUT2D eigenvalue weighted by Gasteiger charge is -2.14. The number of rotatable bonds is 7. The summed E-state index contributed by atoms with van der Waals surface area (Å²) in [4.78, 5) is 12.0. The van der Waals surface area contributed by atoms with Crippen LogP contribution in [0.2, 0.25) is 0 Å². The lowest BCUT2D eigenvalue weighted by molar-refractivity contribution is -0.119. The fraction of sp³-hybridized carbons (Fsp3) is 0.316. The predicted octanol–water partition coefficient (Wildman–Crippen LogP) is 4.36. The van der Waals surface area contributed by atoms with Gasteiger partial charge < -0.3 is 5.32 Å². The van der Waals surface area contributed by atoms with Crippen molar-refractivity contribution in [3.05, 3.63) is 71.3 Å². The smallest absolute Gasteiger partial charge is 0.230 e. The van der Waals surface area contributed by atoms with Gasteiger partial charge in [0.25, 0.3) is 0 Å². The molecule has 2 rings (SSSR count). The fourth-order valence-corrected chi connectivity index (χ4v) is 3.04. The van der Waals surface area contributed by atoms with E-state index in [0.717, 1.165) is 17.7 Å². The van der Waals surface area contributed by atoms with E-state index in [-0.39, 0.29) is 11.9 Å². The first-order valence-corrected chi connectivity index (χ1v) is 8.84. The SMILES string of the molecule is CCc1ccc([C@H](C)NC(=O)CSCc2ccccc2)cc1. The van der Waals surface area contributed by atoms with Gasteiger partial charge in [0.1, 0.15) is 0 Å². The van der Waals surface area contributed by atoms with Crippen molar-refractivity contribution in [1.82, 2.24) is 5.32 Å². The summed E-state index contributed by atoms with van der Waals surface area (Å²) in [7, 11) is 0. The molecule has 0 spiro atoms. The molecule has 0 aliphatic carbocycles. The Labute approximate surface area is 137 Å². The van der Waals surface area contributed by atoms with Crippen molar-refractivity contribution in [2.24, 2.45) is 0 Å². The van der Waals surface area contributed by atoms with Crippen molar-refractivity contribution in [3.8, 4) is 0 Å². The Morgan fingerprint density at radius 3 is 2.36 bits per heavy atom. The van der Waals surface area contributed by atoms with Gasteiger partial charge in [0.05, 0.1) is 11.8 Å². The number of benzene rings is 2. The second kappa shape index (κ2) is 8.64. The molecule has 0 bridgehead atoms. The average molecular weight is 313 g/mol. The van der Waals surface area contributed by atoms with Gasteiger partial charge in [0.15, 0.2) is 0 Å². The van der Waals surface area contributed by atoms with Crippen LogP contribution in [0.5, 0.6) is 0 Å². The van der Waals surface area contributed by atoms with Crippen LogP contribution in [0.4, 0.5) is 0 Å². The van der Waals surface area contributed by atoms with Gasteiger partial charge in [-0.3, -0.25) is 4.79 Å². The molecule has 2 nitrogen and oxygen atoms in total. The van der Waals surface area contributed by atoms with E-state index in [0.29, 0.717) is 5.75 Å². The van der Waals surface area contributed by atoms with Crippen LogP contribution in [0.15, 0.2) is 54.6 Å². The average Bonchev–Trinajstić information content (AvgIpc) is 2.56. The zero-order valence-electron chi connectivity index (χ0n) is 13.2. The number of hydrogen-bond acceptors (Lipinski definition) is 2. The summed E-state index contributed by atoms with van der Waals surface area (Å²) in [5, 5.41) is 3.06. The molecule has 0 heterocycles. The molecule has 0 aliphatic heterocycles. The van der Waals surface area contributed by atoms with Gasteiger partial charge in [-0.2, -0.15) is 0 Å². The molecule has 0 saturated carbocycles. The van der Waals surface area contributed by atoms with Crippen LogP contribution in [0.25, 0.3) is 0 Å². The van der Waals surface area contributed by atoms with E-state index in [2.05, 4.69) is 48.6 Å². The van der Waals surface area contributed by atoms with Crippen molar-refractivity contribution in [2.75, 3.05) is 5.75 Å². The highest BCUT2D eigenvalue weighted by atomic mass is 32.2.